The molecule has 0 aromatic heterocycles. The molecule has 2 aliphatic rings. The van der Waals surface area contributed by atoms with Crippen LogP contribution in [0.15, 0.2) is 24.3 Å². The molecule has 1 heterocycles. The first-order valence-electron chi connectivity index (χ1n) is 9.95. The molecule has 6 heteroatoms. The summed E-state index contributed by atoms with van der Waals surface area (Å²) in [7, 11) is 0. The summed E-state index contributed by atoms with van der Waals surface area (Å²) in [6.45, 7) is 2.78. The summed E-state index contributed by atoms with van der Waals surface area (Å²) in [6, 6.07) is 6.72. The molecule has 1 aromatic carbocycles. The minimum Gasteiger partial charge on any atom is -0.350 e. The largest absolute Gasteiger partial charge is 0.350 e. The summed E-state index contributed by atoms with van der Waals surface area (Å²) in [4.78, 5) is 26.9. The molecule has 146 valence electrons. The highest BCUT2D eigenvalue weighted by Crippen LogP contribution is 2.28. The first kappa shape index (κ1) is 19.5. The minimum absolute atomic E-state index is 0.0703. The lowest BCUT2D eigenvalue weighted by molar-refractivity contribution is -0.149. The van der Waals surface area contributed by atoms with Gasteiger partial charge in [-0.1, -0.05) is 43.5 Å². The molecule has 1 aromatic rings. The van der Waals surface area contributed by atoms with Crippen LogP contribution in [-0.4, -0.2) is 41.1 Å². The summed E-state index contributed by atoms with van der Waals surface area (Å²) in [5, 5.41) is 10.5. The van der Waals surface area contributed by atoms with Crippen LogP contribution in [0.4, 0.5) is 0 Å². The van der Waals surface area contributed by atoms with Gasteiger partial charge in [0, 0.05) is 18.8 Å². The summed E-state index contributed by atoms with van der Waals surface area (Å²) in [6.07, 6.45) is 6.25. The van der Waals surface area contributed by atoms with Gasteiger partial charge in [-0.25, -0.2) is 0 Å². The second kappa shape index (κ2) is 8.65. The number of carbonyl (C=O) groups excluding carboxylic acids is 2. The SMILES string of the molecule is CC(=N)c1ccc(CNC(=O)[C@@H]2CCN2C(=O)[C@H](N)C2CCCCC2)cc1. The molecule has 0 radical (unpaired) electrons. The molecule has 27 heavy (non-hydrogen) atoms. The van der Waals surface area contributed by atoms with E-state index in [0.717, 1.165) is 36.8 Å². The van der Waals surface area contributed by atoms with Crippen molar-refractivity contribution < 1.29 is 9.59 Å². The number of hydrogen-bond donors (Lipinski definition) is 3. The fourth-order valence-electron chi connectivity index (χ4n) is 3.99. The molecule has 1 aliphatic heterocycles. The first-order chi connectivity index (χ1) is 13.0. The van der Waals surface area contributed by atoms with Gasteiger partial charge in [0.1, 0.15) is 6.04 Å². The Morgan fingerprint density at radius 3 is 2.41 bits per heavy atom. The van der Waals surface area contributed by atoms with Crippen molar-refractivity contribution >= 4 is 17.5 Å². The number of benzene rings is 1. The summed E-state index contributed by atoms with van der Waals surface area (Å²) in [5.74, 6) is 0.0724. The molecule has 4 N–H and O–H groups in total. The number of amides is 2. The van der Waals surface area contributed by atoms with Crippen LogP contribution in [-0.2, 0) is 16.1 Å². The van der Waals surface area contributed by atoms with E-state index in [4.69, 9.17) is 11.1 Å². The predicted octanol–water partition coefficient (Wildman–Crippen LogP) is 2.20. The molecule has 2 atom stereocenters. The number of nitrogens with zero attached hydrogens (tertiary/aromatic N) is 1. The maximum Gasteiger partial charge on any atom is 0.243 e. The molecule has 2 fully saturated rings. The maximum atomic E-state index is 12.7. The lowest BCUT2D eigenvalue weighted by Crippen LogP contribution is -2.62. The van der Waals surface area contributed by atoms with Crippen LogP contribution in [0.3, 0.4) is 0 Å². The number of rotatable bonds is 6. The Balaban J connectivity index is 1.51. The second-order valence-electron chi connectivity index (χ2n) is 7.80. The zero-order valence-electron chi connectivity index (χ0n) is 16.0. The summed E-state index contributed by atoms with van der Waals surface area (Å²) >= 11 is 0. The van der Waals surface area contributed by atoms with Crippen molar-refractivity contribution in [2.75, 3.05) is 6.54 Å². The monoisotopic (exact) mass is 370 g/mol. The number of hydrogen-bond acceptors (Lipinski definition) is 4. The zero-order chi connectivity index (χ0) is 19.4. The van der Waals surface area contributed by atoms with Gasteiger partial charge in [0.2, 0.25) is 11.8 Å². The van der Waals surface area contributed by atoms with Gasteiger partial charge in [-0.2, -0.15) is 0 Å². The lowest BCUT2D eigenvalue weighted by Gasteiger charge is -2.42. The van der Waals surface area contributed by atoms with Gasteiger partial charge in [-0.05, 0) is 43.2 Å². The highest BCUT2D eigenvalue weighted by Gasteiger charge is 2.41. The van der Waals surface area contributed by atoms with Crippen LogP contribution in [0.2, 0.25) is 0 Å². The lowest BCUT2D eigenvalue weighted by atomic mass is 9.83. The van der Waals surface area contributed by atoms with Gasteiger partial charge < -0.3 is 21.4 Å². The van der Waals surface area contributed by atoms with Crippen LogP contribution >= 0.6 is 0 Å². The fourth-order valence-corrected chi connectivity index (χ4v) is 3.99. The molecule has 0 bridgehead atoms. The van der Waals surface area contributed by atoms with Crippen LogP contribution in [0.5, 0.6) is 0 Å². The molecule has 1 aliphatic carbocycles. The average molecular weight is 370 g/mol. The molecule has 0 unspecified atom stereocenters. The van der Waals surface area contributed by atoms with Crippen LogP contribution < -0.4 is 11.1 Å². The number of carbonyl (C=O) groups is 2. The van der Waals surface area contributed by atoms with Crippen molar-refractivity contribution in [1.82, 2.24) is 10.2 Å². The third-order valence-corrected chi connectivity index (χ3v) is 5.90. The molecule has 1 saturated carbocycles. The highest BCUT2D eigenvalue weighted by atomic mass is 16.2. The third kappa shape index (κ3) is 4.56. The van der Waals surface area contributed by atoms with Crippen molar-refractivity contribution in [1.29, 1.82) is 5.41 Å². The minimum atomic E-state index is -0.474. The van der Waals surface area contributed by atoms with E-state index < -0.39 is 12.1 Å². The molecule has 1 saturated heterocycles. The average Bonchev–Trinajstić information content (AvgIpc) is 2.65. The van der Waals surface area contributed by atoms with Gasteiger partial charge in [-0.3, -0.25) is 9.59 Å². The smallest absolute Gasteiger partial charge is 0.243 e. The van der Waals surface area contributed by atoms with E-state index in [9.17, 15) is 9.59 Å². The Morgan fingerprint density at radius 1 is 1.19 bits per heavy atom. The Morgan fingerprint density at radius 2 is 1.85 bits per heavy atom. The summed E-state index contributed by atoms with van der Waals surface area (Å²) in [5.41, 5.74) is 8.59. The topological polar surface area (TPSA) is 99.3 Å². The standard InChI is InChI=1S/C21H30N4O2/c1-14(22)16-9-7-15(8-10-16)13-24-20(26)18-11-12-25(18)21(27)19(23)17-5-3-2-4-6-17/h7-10,17-19,22H,2-6,11-13,23H2,1H3,(H,24,26)/t18-,19+/m0/s1. The molecular formula is C21H30N4O2. The van der Waals surface area contributed by atoms with Gasteiger partial charge in [0.05, 0.1) is 6.04 Å². The van der Waals surface area contributed by atoms with E-state index >= 15 is 0 Å². The Bertz CT molecular complexity index is 695. The Labute approximate surface area is 161 Å². The van der Waals surface area contributed by atoms with E-state index in [1.807, 2.05) is 24.3 Å². The number of nitrogens with one attached hydrogen (secondary N) is 2. The molecule has 2 amide bonds. The van der Waals surface area contributed by atoms with Crippen molar-refractivity contribution in [2.24, 2.45) is 11.7 Å². The van der Waals surface area contributed by atoms with E-state index in [-0.39, 0.29) is 17.7 Å². The Hall–Kier alpha value is -2.21. The van der Waals surface area contributed by atoms with Crippen molar-refractivity contribution in [3.8, 4) is 0 Å². The maximum absolute atomic E-state index is 12.7. The van der Waals surface area contributed by atoms with Crippen molar-refractivity contribution in [3.05, 3.63) is 35.4 Å². The quantitative estimate of drug-likeness (QED) is 0.669. The van der Waals surface area contributed by atoms with E-state index in [1.54, 1.807) is 11.8 Å². The first-order valence-corrected chi connectivity index (χ1v) is 9.95. The predicted molar refractivity (Wildman–Crippen MR) is 105 cm³/mol. The van der Waals surface area contributed by atoms with Crippen molar-refractivity contribution in [2.45, 2.75) is 64.1 Å². The Kier molecular flexibility index (Phi) is 6.26. The van der Waals surface area contributed by atoms with Gasteiger partial charge in [0.15, 0.2) is 0 Å². The van der Waals surface area contributed by atoms with Crippen LogP contribution in [0.25, 0.3) is 0 Å². The second-order valence-corrected chi connectivity index (χ2v) is 7.80. The van der Waals surface area contributed by atoms with Crippen LogP contribution in [0.1, 0.15) is 56.6 Å². The fraction of sp³-hybridized carbons (Fsp3) is 0.571. The van der Waals surface area contributed by atoms with E-state index in [0.29, 0.717) is 25.2 Å². The van der Waals surface area contributed by atoms with E-state index in [1.165, 1.54) is 6.42 Å². The van der Waals surface area contributed by atoms with Crippen molar-refractivity contribution in [3.63, 3.8) is 0 Å². The van der Waals surface area contributed by atoms with Gasteiger partial charge >= 0.3 is 0 Å². The number of nitrogens with two attached hydrogens (primary N) is 1. The summed E-state index contributed by atoms with van der Waals surface area (Å²) < 4.78 is 0. The van der Waals surface area contributed by atoms with Crippen LogP contribution in [0, 0.1) is 11.3 Å². The normalized spacial score (nSPS) is 21.3. The van der Waals surface area contributed by atoms with Gasteiger partial charge in [-0.15, -0.1) is 0 Å². The number of likely N-dealkylation sites (tertiary alicyclic amines) is 1. The molecule has 0 spiro atoms. The highest BCUT2D eigenvalue weighted by molar-refractivity contribution is 5.96. The van der Waals surface area contributed by atoms with E-state index in [2.05, 4.69) is 5.32 Å². The zero-order valence-corrected chi connectivity index (χ0v) is 16.0. The molecular weight excluding hydrogens is 340 g/mol. The molecule has 3 rings (SSSR count). The molecule has 6 nitrogen and oxygen atoms in total. The third-order valence-electron chi connectivity index (χ3n) is 5.90. The van der Waals surface area contributed by atoms with Gasteiger partial charge in [0.25, 0.3) is 0 Å².